The zero-order valence-electron chi connectivity index (χ0n) is 11.0. The Bertz CT molecular complexity index is 733. The average molecular weight is 307 g/mol. The molecule has 3 N–H and O–H groups in total. The second-order valence-electron chi connectivity index (χ2n) is 4.32. The lowest BCUT2D eigenvalue weighted by Gasteiger charge is -2.08. The average Bonchev–Trinajstić information content (AvgIpc) is 2.42. The number of aromatic nitrogens is 1. The van der Waals surface area contributed by atoms with Crippen LogP contribution >= 0.6 is 11.6 Å². The number of carbonyl (C=O) groups is 1. The number of nitrogens with two attached hydrogens (primary N) is 1. The van der Waals surface area contributed by atoms with Gasteiger partial charge < -0.3 is 11.1 Å². The molecule has 0 radical (unpaired) electrons. The maximum Gasteiger partial charge on any atom is 0.300 e. The maximum atomic E-state index is 12.2. The van der Waals surface area contributed by atoms with Crippen molar-refractivity contribution in [2.45, 2.75) is 6.92 Å². The van der Waals surface area contributed by atoms with Crippen molar-refractivity contribution in [1.29, 1.82) is 0 Å². The number of nitrogens with one attached hydrogen (secondary N) is 1. The van der Waals surface area contributed by atoms with Gasteiger partial charge in [-0.15, -0.1) is 0 Å². The molecular formula is C13H11ClN4O3. The second-order valence-corrected chi connectivity index (χ2v) is 4.73. The molecule has 0 aliphatic carbocycles. The molecule has 108 valence electrons. The number of benzene rings is 1. The lowest BCUT2D eigenvalue weighted by atomic mass is 10.2. The van der Waals surface area contributed by atoms with Crippen molar-refractivity contribution in [3.8, 4) is 0 Å². The largest absolute Gasteiger partial charge is 0.384 e. The minimum atomic E-state index is -0.695. The van der Waals surface area contributed by atoms with Crippen LogP contribution in [-0.2, 0) is 0 Å². The van der Waals surface area contributed by atoms with Crippen LogP contribution in [0.4, 0.5) is 17.2 Å². The van der Waals surface area contributed by atoms with Crippen molar-refractivity contribution in [2.24, 2.45) is 0 Å². The molecule has 0 unspecified atom stereocenters. The molecule has 1 aromatic heterocycles. The summed E-state index contributed by atoms with van der Waals surface area (Å²) in [6, 6.07) is 6.22. The molecule has 1 heterocycles. The van der Waals surface area contributed by atoms with Crippen LogP contribution in [0.25, 0.3) is 0 Å². The molecule has 21 heavy (non-hydrogen) atoms. The van der Waals surface area contributed by atoms with E-state index in [0.717, 1.165) is 17.8 Å². The van der Waals surface area contributed by atoms with E-state index in [-0.39, 0.29) is 11.4 Å². The van der Waals surface area contributed by atoms with Crippen LogP contribution in [0.15, 0.2) is 30.5 Å². The van der Waals surface area contributed by atoms with Crippen LogP contribution < -0.4 is 11.1 Å². The molecule has 7 nitrogen and oxygen atoms in total. The molecule has 2 rings (SSSR count). The predicted molar refractivity (Wildman–Crippen MR) is 79.4 cm³/mol. The normalized spacial score (nSPS) is 10.2. The van der Waals surface area contributed by atoms with Crippen molar-refractivity contribution in [3.05, 3.63) is 56.7 Å². The number of anilines is 2. The van der Waals surface area contributed by atoms with Gasteiger partial charge in [0.15, 0.2) is 0 Å². The molecule has 0 saturated carbocycles. The summed E-state index contributed by atoms with van der Waals surface area (Å²) >= 11 is 5.98. The third-order valence-corrected chi connectivity index (χ3v) is 3.05. The molecule has 2 aromatic rings. The number of nitrogen functional groups attached to an aromatic ring is 1. The predicted octanol–water partition coefficient (Wildman–Crippen LogP) is 2.79. The molecule has 0 aliphatic rings. The highest BCUT2D eigenvalue weighted by Crippen LogP contribution is 2.25. The minimum absolute atomic E-state index is 0.0149. The van der Waals surface area contributed by atoms with E-state index in [4.69, 9.17) is 17.3 Å². The number of pyridine rings is 1. The fourth-order valence-electron chi connectivity index (χ4n) is 1.72. The molecule has 0 aliphatic heterocycles. The van der Waals surface area contributed by atoms with Gasteiger partial charge in [0, 0.05) is 0 Å². The van der Waals surface area contributed by atoms with E-state index in [1.807, 2.05) is 6.92 Å². The quantitative estimate of drug-likeness (QED) is 0.669. The highest BCUT2D eigenvalue weighted by atomic mass is 35.5. The molecule has 8 heteroatoms. The number of nitrogens with zero attached hydrogens (tertiary/aromatic N) is 2. The Morgan fingerprint density at radius 2 is 2.14 bits per heavy atom. The fourth-order valence-corrected chi connectivity index (χ4v) is 1.88. The second kappa shape index (κ2) is 5.76. The number of carbonyl (C=O) groups excluding carboxylic acids is 1. The number of hydrogen-bond donors (Lipinski definition) is 2. The maximum absolute atomic E-state index is 12.2. The highest BCUT2D eigenvalue weighted by Gasteiger charge is 2.21. The molecular weight excluding hydrogens is 296 g/mol. The topological polar surface area (TPSA) is 111 Å². The molecule has 0 fully saturated rings. The highest BCUT2D eigenvalue weighted by molar-refractivity contribution is 6.34. The summed E-state index contributed by atoms with van der Waals surface area (Å²) in [6.07, 6.45) is 0.947. The Kier molecular flexibility index (Phi) is 4.04. The molecule has 0 saturated heterocycles. The Balaban J connectivity index is 2.39. The van der Waals surface area contributed by atoms with Crippen molar-refractivity contribution in [2.75, 3.05) is 11.1 Å². The first-order chi connectivity index (χ1) is 9.88. The summed E-state index contributed by atoms with van der Waals surface area (Å²) in [5, 5.41) is 13.8. The SMILES string of the molecule is Cc1ccc(Cl)c(NC(=O)c2cc(N)ncc2[N+](=O)[O-])c1. The lowest BCUT2D eigenvalue weighted by Crippen LogP contribution is -2.15. The van der Waals surface area contributed by atoms with E-state index in [1.165, 1.54) is 0 Å². The van der Waals surface area contributed by atoms with E-state index in [9.17, 15) is 14.9 Å². The van der Waals surface area contributed by atoms with Crippen LogP contribution in [-0.4, -0.2) is 15.8 Å². The van der Waals surface area contributed by atoms with Crippen LogP contribution in [0.1, 0.15) is 15.9 Å². The van der Waals surface area contributed by atoms with Gasteiger partial charge in [0.25, 0.3) is 11.6 Å². The number of nitro groups is 1. The molecule has 1 amide bonds. The molecule has 0 spiro atoms. The first kappa shape index (κ1) is 14.7. The van der Waals surface area contributed by atoms with E-state index in [0.29, 0.717) is 10.7 Å². The summed E-state index contributed by atoms with van der Waals surface area (Å²) in [4.78, 5) is 26.0. The van der Waals surface area contributed by atoms with Gasteiger partial charge in [0.05, 0.1) is 15.6 Å². The molecule has 0 bridgehead atoms. The number of aryl methyl sites for hydroxylation is 1. The summed E-state index contributed by atoms with van der Waals surface area (Å²) < 4.78 is 0. The Labute approximate surface area is 124 Å². The summed E-state index contributed by atoms with van der Waals surface area (Å²) in [7, 11) is 0. The minimum Gasteiger partial charge on any atom is -0.384 e. The van der Waals surface area contributed by atoms with Gasteiger partial charge in [0.1, 0.15) is 17.6 Å². The number of halogens is 1. The van der Waals surface area contributed by atoms with E-state index < -0.39 is 16.5 Å². The third-order valence-electron chi connectivity index (χ3n) is 2.72. The Morgan fingerprint density at radius 1 is 1.43 bits per heavy atom. The van der Waals surface area contributed by atoms with Gasteiger partial charge >= 0.3 is 0 Å². The smallest absolute Gasteiger partial charge is 0.300 e. The Hall–Kier alpha value is -2.67. The number of amides is 1. The molecule has 1 aromatic carbocycles. The van der Waals surface area contributed by atoms with Crippen LogP contribution in [0.5, 0.6) is 0 Å². The van der Waals surface area contributed by atoms with Crippen molar-refractivity contribution >= 4 is 34.7 Å². The Morgan fingerprint density at radius 3 is 2.81 bits per heavy atom. The monoisotopic (exact) mass is 306 g/mol. The number of hydrogen-bond acceptors (Lipinski definition) is 5. The zero-order valence-corrected chi connectivity index (χ0v) is 11.7. The van der Waals surface area contributed by atoms with Gasteiger partial charge in [-0.2, -0.15) is 0 Å². The van der Waals surface area contributed by atoms with E-state index in [1.54, 1.807) is 18.2 Å². The van der Waals surface area contributed by atoms with Crippen LogP contribution in [0.3, 0.4) is 0 Å². The lowest BCUT2D eigenvalue weighted by molar-refractivity contribution is -0.385. The summed E-state index contributed by atoms with van der Waals surface area (Å²) in [5.74, 6) is -0.663. The van der Waals surface area contributed by atoms with Gasteiger partial charge in [-0.05, 0) is 30.7 Å². The van der Waals surface area contributed by atoms with Gasteiger partial charge in [-0.3, -0.25) is 14.9 Å². The fraction of sp³-hybridized carbons (Fsp3) is 0.0769. The third kappa shape index (κ3) is 3.26. The van der Waals surface area contributed by atoms with Gasteiger partial charge in [-0.25, -0.2) is 4.98 Å². The standard InChI is InChI=1S/C13H11ClN4O3/c1-7-2-3-9(14)10(4-7)17-13(19)8-5-12(15)16-6-11(8)18(20)21/h2-6H,1H3,(H2,15,16)(H,17,19). The van der Waals surface area contributed by atoms with E-state index >= 15 is 0 Å². The van der Waals surface area contributed by atoms with Crippen molar-refractivity contribution < 1.29 is 9.72 Å². The summed E-state index contributed by atoms with van der Waals surface area (Å²) in [5.41, 5.74) is 6.13. The van der Waals surface area contributed by atoms with Gasteiger partial charge in [-0.1, -0.05) is 17.7 Å². The molecule has 0 atom stereocenters. The van der Waals surface area contributed by atoms with Crippen molar-refractivity contribution in [3.63, 3.8) is 0 Å². The first-order valence-corrected chi connectivity index (χ1v) is 6.23. The van der Waals surface area contributed by atoms with E-state index in [2.05, 4.69) is 10.3 Å². The van der Waals surface area contributed by atoms with Crippen LogP contribution in [0.2, 0.25) is 5.02 Å². The zero-order chi connectivity index (χ0) is 15.6. The van der Waals surface area contributed by atoms with Crippen LogP contribution in [0, 0.1) is 17.0 Å². The summed E-state index contributed by atoms with van der Waals surface area (Å²) in [6.45, 7) is 1.83. The van der Waals surface area contributed by atoms with Gasteiger partial charge in [0.2, 0.25) is 0 Å². The first-order valence-electron chi connectivity index (χ1n) is 5.86. The number of rotatable bonds is 3. The van der Waals surface area contributed by atoms with Crippen molar-refractivity contribution in [1.82, 2.24) is 4.98 Å².